The Morgan fingerprint density at radius 3 is 2.43 bits per heavy atom. The predicted molar refractivity (Wildman–Crippen MR) is 154 cm³/mol. The highest BCUT2D eigenvalue weighted by molar-refractivity contribution is 5.81. The number of ether oxygens (including phenoxy) is 8. The first-order chi connectivity index (χ1) is 22.2. The van der Waals surface area contributed by atoms with E-state index in [2.05, 4.69) is 0 Å². The zero-order valence-electron chi connectivity index (χ0n) is 27.6. The fourth-order valence-corrected chi connectivity index (χ4v) is 12.1. The molecule has 3 aliphatic carbocycles. The van der Waals surface area contributed by atoms with Gasteiger partial charge in [0.2, 0.25) is 0 Å². The van der Waals surface area contributed by atoms with Crippen LogP contribution >= 0.6 is 0 Å². The molecule has 8 aliphatic rings. The van der Waals surface area contributed by atoms with Crippen LogP contribution in [0.5, 0.6) is 0 Å². The summed E-state index contributed by atoms with van der Waals surface area (Å²) in [5.41, 5.74) is -8.01. The molecule has 5 heterocycles. The molecule has 8 fully saturated rings. The van der Waals surface area contributed by atoms with Crippen LogP contribution in [0.3, 0.4) is 0 Å². The summed E-state index contributed by atoms with van der Waals surface area (Å²) in [5, 5.41) is 37.0. The number of carbonyl (C=O) groups excluding carboxylic acids is 3. The number of esters is 3. The van der Waals surface area contributed by atoms with Gasteiger partial charge in [0.15, 0.2) is 12.4 Å². The minimum absolute atomic E-state index is 0.160. The predicted octanol–water partition coefficient (Wildman–Crippen LogP) is -0.138. The van der Waals surface area contributed by atoms with E-state index in [-0.39, 0.29) is 19.6 Å². The molecule has 0 aromatic rings. The molecule has 0 radical (unpaired) electrons. The minimum Gasteiger partial charge on any atom is -0.468 e. The van der Waals surface area contributed by atoms with Crippen LogP contribution < -0.4 is 0 Å². The molecule has 3 saturated carbocycles. The first kappa shape index (κ1) is 32.3. The van der Waals surface area contributed by atoms with Gasteiger partial charge in [-0.3, -0.25) is 9.59 Å². The maximum Gasteiger partial charge on any atom is 0.335 e. The number of aliphatic hydroxyl groups excluding tert-OH is 2. The molecule has 17 atom stereocenters. The number of fused-ring (bicyclic) bond motifs is 7. The van der Waals surface area contributed by atoms with Crippen molar-refractivity contribution in [3.05, 3.63) is 0 Å². The van der Waals surface area contributed by atoms with Gasteiger partial charge in [-0.2, -0.15) is 0 Å². The molecule has 0 amide bonds. The summed E-state index contributed by atoms with van der Waals surface area (Å²) in [6, 6.07) is 0. The number of hydrogen-bond donors (Lipinski definition) is 3. The van der Waals surface area contributed by atoms with Crippen molar-refractivity contribution in [3.63, 3.8) is 0 Å². The van der Waals surface area contributed by atoms with Gasteiger partial charge in [0.05, 0.1) is 64.4 Å². The Labute approximate surface area is 272 Å². The van der Waals surface area contributed by atoms with Gasteiger partial charge in [-0.15, -0.1) is 0 Å². The lowest BCUT2D eigenvalue weighted by Crippen LogP contribution is -2.77. The lowest BCUT2D eigenvalue weighted by atomic mass is 9.38. The number of carbonyl (C=O) groups is 3. The minimum atomic E-state index is -1.62. The van der Waals surface area contributed by atoms with Gasteiger partial charge in [-0.1, -0.05) is 20.8 Å². The summed E-state index contributed by atoms with van der Waals surface area (Å²) in [7, 11) is 2.48. The van der Waals surface area contributed by atoms with Crippen LogP contribution in [-0.2, 0) is 52.3 Å². The number of rotatable bonds is 6. The summed E-state index contributed by atoms with van der Waals surface area (Å²) in [4.78, 5) is 40.9. The highest BCUT2D eigenvalue weighted by Gasteiger charge is 2.95. The summed E-state index contributed by atoms with van der Waals surface area (Å²) >= 11 is 0. The highest BCUT2D eigenvalue weighted by Crippen LogP contribution is 2.82. The Kier molecular flexibility index (Phi) is 6.78. The first-order valence-corrected chi connectivity index (χ1v) is 16.9. The van der Waals surface area contributed by atoms with Crippen molar-refractivity contribution >= 4 is 17.9 Å². The maximum absolute atomic E-state index is 14.1. The van der Waals surface area contributed by atoms with Crippen molar-refractivity contribution in [2.75, 3.05) is 34.0 Å². The fraction of sp³-hybridized carbons (Fsp3) is 0.909. The molecule has 14 heteroatoms. The van der Waals surface area contributed by atoms with E-state index in [4.69, 9.17) is 37.9 Å². The zero-order chi connectivity index (χ0) is 33.7. The lowest BCUT2D eigenvalue weighted by molar-refractivity contribution is -0.299. The largest absolute Gasteiger partial charge is 0.468 e. The van der Waals surface area contributed by atoms with Gasteiger partial charge >= 0.3 is 17.9 Å². The van der Waals surface area contributed by atoms with E-state index in [1.165, 1.54) is 14.2 Å². The van der Waals surface area contributed by atoms with E-state index in [1.54, 1.807) is 6.92 Å². The van der Waals surface area contributed by atoms with Crippen LogP contribution in [0.4, 0.5) is 0 Å². The topological polar surface area (TPSA) is 189 Å². The summed E-state index contributed by atoms with van der Waals surface area (Å²) in [5.74, 6) is -4.79. The van der Waals surface area contributed by atoms with E-state index in [0.717, 1.165) is 0 Å². The average molecular weight is 667 g/mol. The quantitative estimate of drug-likeness (QED) is 0.193. The van der Waals surface area contributed by atoms with Crippen LogP contribution in [-0.4, -0.2) is 127 Å². The normalized spacial score (nSPS) is 56.9. The molecule has 47 heavy (non-hydrogen) atoms. The number of epoxide rings is 1. The Balaban J connectivity index is 1.31. The van der Waals surface area contributed by atoms with Crippen molar-refractivity contribution in [3.8, 4) is 0 Å². The van der Waals surface area contributed by atoms with E-state index >= 15 is 0 Å². The average Bonchev–Trinajstić information content (AvgIpc) is 3.49. The van der Waals surface area contributed by atoms with Crippen molar-refractivity contribution < 1.29 is 67.6 Å². The van der Waals surface area contributed by atoms with E-state index < -0.39 is 118 Å². The molecule has 1 unspecified atom stereocenters. The SMILES string of the molecule is CCC(C)C(=O)O[C@@H]1C[C@H](O)[C@]23CO[C@H](C(=O)OC)[C@H]2[C@](C)([C@]24O[C@@]2(C)[C@H]2C[C@@H]4O[C@@H]4OCC[C@@]42O)[C@H](O)[C@@H]2OC[C@@]1(C(=O)OC)[C@H]23. The second kappa shape index (κ2) is 9.87. The Morgan fingerprint density at radius 2 is 1.74 bits per heavy atom. The summed E-state index contributed by atoms with van der Waals surface area (Å²) in [6.45, 7) is 7.18. The lowest BCUT2D eigenvalue weighted by Gasteiger charge is -2.65. The Bertz CT molecular complexity index is 1390. The monoisotopic (exact) mass is 666 g/mol. The third kappa shape index (κ3) is 3.33. The van der Waals surface area contributed by atoms with Crippen LogP contribution in [0.1, 0.15) is 53.4 Å². The first-order valence-electron chi connectivity index (χ1n) is 16.9. The van der Waals surface area contributed by atoms with Gasteiger partial charge in [0.1, 0.15) is 28.3 Å². The molecule has 2 bridgehead atoms. The van der Waals surface area contributed by atoms with E-state index in [0.29, 0.717) is 25.9 Å². The molecule has 262 valence electrons. The van der Waals surface area contributed by atoms with Crippen LogP contribution in [0.25, 0.3) is 0 Å². The maximum atomic E-state index is 14.1. The molecule has 3 N–H and O–H groups in total. The third-order valence-corrected chi connectivity index (χ3v) is 14.4. The Hall–Kier alpha value is -1.91. The second-order valence-electron chi connectivity index (χ2n) is 15.6. The van der Waals surface area contributed by atoms with Crippen LogP contribution in [0.15, 0.2) is 0 Å². The van der Waals surface area contributed by atoms with Crippen molar-refractivity contribution in [1.29, 1.82) is 0 Å². The molecule has 0 aromatic heterocycles. The van der Waals surface area contributed by atoms with Gasteiger partial charge in [0.25, 0.3) is 0 Å². The molecule has 8 rings (SSSR count). The molecule has 1 spiro atoms. The van der Waals surface area contributed by atoms with Crippen molar-refractivity contribution in [1.82, 2.24) is 0 Å². The molecule has 14 nitrogen and oxygen atoms in total. The Morgan fingerprint density at radius 1 is 1.00 bits per heavy atom. The van der Waals surface area contributed by atoms with Gasteiger partial charge in [-0.05, 0) is 19.8 Å². The van der Waals surface area contributed by atoms with Crippen molar-refractivity contribution in [2.45, 2.75) is 113 Å². The third-order valence-electron chi connectivity index (χ3n) is 14.4. The van der Waals surface area contributed by atoms with Gasteiger partial charge < -0.3 is 53.2 Å². The zero-order valence-corrected chi connectivity index (χ0v) is 27.6. The molecule has 0 aromatic carbocycles. The molecule has 5 saturated heterocycles. The van der Waals surface area contributed by atoms with Crippen LogP contribution in [0, 0.1) is 39.9 Å². The fourth-order valence-electron chi connectivity index (χ4n) is 12.1. The summed E-state index contributed by atoms with van der Waals surface area (Å²) in [6.07, 6.45) is -6.57. The molecular formula is C33H46O14. The van der Waals surface area contributed by atoms with Gasteiger partial charge in [-0.25, -0.2) is 4.79 Å². The number of methoxy groups -OCH3 is 2. The van der Waals surface area contributed by atoms with Crippen LogP contribution in [0.2, 0.25) is 0 Å². The smallest absolute Gasteiger partial charge is 0.335 e. The standard InChI is InChI=1S/C33H46O14/c1-7-14(2)24(36)45-17-11-16(34)30-12-44-20(25(37)40-5)21(30)28(3,23(35)19-22(30)31(17,13-43-19)26(38)41-6)33-18-10-15(29(33,4)47-33)32(39)8-9-42-27(32)46-18/h14-23,27,34-35,39H,7-13H2,1-6H3/t14?,15-,16+,17-,18+,19-,20+,21+,22-,23-,27+,28+,29+,30-,31+,32+,33+/m1/s1. The number of aliphatic hydroxyl groups is 3. The van der Waals surface area contributed by atoms with Crippen molar-refractivity contribution in [2.24, 2.45) is 39.9 Å². The van der Waals surface area contributed by atoms with E-state index in [9.17, 15) is 29.7 Å². The van der Waals surface area contributed by atoms with E-state index in [1.807, 2.05) is 20.8 Å². The molecular weight excluding hydrogens is 620 g/mol. The summed E-state index contributed by atoms with van der Waals surface area (Å²) < 4.78 is 48.5. The molecule has 5 aliphatic heterocycles. The highest BCUT2D eigenvalue weighted by atomic mass is 16.7. The van der Waals surface area contributed by atoms with Gasteiger partial charge in [0, 0.05) is 41.4 Å². The number of hydrogen-bond acceptors (Lipinski definition) is 14. The second-order valence-corrected chi connectivity index (χ2v) is 15.6.